The molecule has 7 nitrogen and oxygen atoms in total. The smallest absolute Gasteiger partial charge is 0.407 e. The molecule has 2 aromatic carbocycles. The van der Waals surface area contributed by atoms with Gasteiger partial charge in [0, 0.05) is 41.5 Å². The fraction of sp³-hybridized carbons (Fsp3) is 0.111. The number of hydrogen-bond acceptors (Lipinski definition) is 5. The number of aromatic nitrogens is 2. The molecule has 5 rings (SSSR count). The number of hydrogen-bond donors (Lipinski definition) is 1. The number of aldehydes is 1. The van der Waals surface area contributed by atoms with E-state index in [-0.39, 0.29) is 5.88 Å². The maximum atomic E-state index is 11.4. The number of carboxylic acid groups (broad SMARTS) is 1. The number of pyridine rings is 2. The van der Waals surface area contributed by atoms with Crippen molar-refractivity contribution in [1.82, 2.24) is 14.9 Å². The van der Waals surface area contributed by atoms with Crippen LogP contribution in [0.5, 0.6) is 5.88 Å². The number of carbonyl (C=O) groups is 2. The van der Waals surface area contributed by atoms with E-state index >= 15 is 0 Å². The topological polar surface area (TPSA) is 92.6 Å². The van der Waals surface area contributed by atoms with E-state index in [1.807, 2.05) is 36.4 Å². The molecule has 9 heteroatoms. The first-order chi connectivity index (χ1) is 17.4. The molecule has 0 atom stereocenters. The van der Waals surface area contributed by atoms with Crippen LogP contribution < -0.4 is 4.74 Å². The quantitative estimate of drug-likeness (QED) is 0.298. The fourth-order valence-electron chi connectivity index (χ4n) is 4.32. The Hall–Kier alpha value is -3.94. The van der Waals surface area contributed by atoms with E-state index in [9.17, 15) is 14.7 Å². The van der Waals surface area contributed by atoms with Gasteiger partial charge in [0.25, 0.3) is 0 Å². The molecule has 0 bridgehead atoms. The molecule has 1 aliphatic heterocycles. The summed E-state index contributed by atoms with van der Waals surface area (Å²) in [6.07, 6.45) is 1.40. The highest BCUT2D eigenvalue weighted by molar-refractivity contribution is 6.39. The van der Waals surface area contributed by atoms with Crippen LogP contribution in [-0.4, -0.2) is 39.5 Å². The summed E-state index contributed by atoms with van der Waals surface area (Å²) in [4.78, 5) is 32.9. The number of benzene rings is 2. The number of fused-ring (bicyclic) bond motifs is 1. The van der Waals surface area contributed by atoms with Gasteiger partial charge in [-0.1, -0.05) is 53.5 Å². The Bertz CT molecular complexity index is 1520. The largest absolute Gasteiger partial charge is 0.480 e. The number of amides is 1. The molecule has 36 heavy (non-hydrogen) atoms. The number of rotatable bonds is 5. The van der Waals surface area contributed by atoms with Gasteiger partial charge >= 0.3 is 6.09 Å². The molecule has 0 unspecified atom stereocenters. The number of carbonyl (C=O) groups excluding carboxylic acids is 1. The molecule has 3 heterocycles. The molecule has 1 amide bonds. The zero-order valence-corrected chi connectivity index (χ0v) is 20.5. The Kier molecular flexibility index (Phi) is 6.35. The van der Waals surface area contributed by atoms with Gasteiger partial charge in [-0.15, -0.1) is 0 Å². The monoisotopic (exact) mass is 519 g/mol. The summed E-state index contributed by atoms with van der Waals surface area (Å²) in [6, 6.07) is 16.4. The molecular formula is C27H19Cl2N3O4. The van der Waals surface area contributed by atoms with Gasteiger partial charge in [0.1, 0.15) is 0 Å². The molecule has 0 spiro atoms. The SMILES string of the molecule is COc1nc(-c2cccc(-c3ccnc(-c4ccc5c(c4)CN(C(=O)O)C5)c3Cl)c2Cl)ccc1C=O. The van der Waals surface area contributed by atoms with Gasteiger partial charge in [0.2, 0.25) is 5.88 Å². The van der Waals surface area contributed by atoms with Gasteiger partial charge < -0.3 is 9.84 Å². The summed E-state index contributed by atoms with van der Waals surface area (Å²) in [5.74, 6) is 0.214. The van der Waals surface area contributed by atoms with Gasteiger partial charge in [-0.3, -0.25) is 14.7 Å². The van der Waals surface area contributed by atoms with Crippen LogP contribution in [0.25, 0.3) is 33.6 Å². The minimum absolute atomic E-state index is 0.214. The average Bonchev–Trinajstić information content (AvgIpc) is 3.33. The van der Waals surface area contributed by atoms with Crippen molar-refractivity contribution in [2.24, 2.45) is 0 Å². The summed E-state index contributed by atoms with van der Waals surface area (Å²) < 4.78 is 5.24. The zero-order valence-electron chi connectivity index (χ0n) is 19.0. The van der Waals surface area contributed by atoms with E-state index in [1.54, 1.807) is 24.4 Å². The first-order valence-corrected chi connectivity index (χ1v) is 11.7. The van der Waals surface area contributed by atoms with Crippen LogP contribution >= 0.6 is 23.2 Å². The van der Waals surface area contributed by atoms with Crippen LogP contribution in [0.3, 0.4) is 0 Å². The van der Waals surface area contributed by atoms with E-state index in [4.69, 9.17) is 27.9 Å². The minimum atomic E-state index is -0.951. The second-order valence-electron chi connectivity index (χ2n) is 8.22. The average molecular weight is 520 g/mol. The standard InChI is InChI=1S/C27H19Cl2N3O4/c1-36-26-17(14-33)7-8-22(31-26)21-4-2-3-19(23(21)28)20-9-10-30-25(24(20)29)15-5-6-16-12-32(27(34)35)13-18(16)11-15/h2-11,14H,12-13H2,1H3,(H,34,35). The lowest BCUT2D eigenvalue weighted by molar-refractivity contribution is 0.111. The molecule has 2 aromatic heterocycles. The van der Waals surface area contributed by atoms with Crippen LogP contribution in [0.2, 0.25) is 10.0 Å². The molecule has 4 aromatic rings. The van der Waals surface area contributed by atoms with Crippen molar-refractivity contribution >= 4 is 35.6 Å². The molecule has 0 aliphatic carbocycles. The molecule has 1 aliphatic rings. The maximum absolute atomic E-state index is 11.4. The summed E-state index contributed by atoms with van der Waals surface area (Å²) >= 11 is 13.7. The molecule has 0 saturated heterocycles. The second kappa shape index (κ2) is 9.60. The molecule has 0 radical (unpaired) electrons. The zero-order chi connectivity index (χ0) is 25.4. The second-order valence-corrected chi connectivity index (χ2v) is 8.98. The highest BCUT2D eigenvalue weighted by Gasteiger charge is 2.24. The normalized spacial score (nSPS) is 12.4. The van der Waals surface area contributed by atoms with Crippen molar-refractivity contribution in [1.29, 1.82) is 0 Å². The minimum Gasteiger partial charge on any atom is -0.480 e. The van der Waals surface area contributed by atoms with E-state index in [0.29, 0.717) is 63.1 Å². The Labute approximate surface area is 216 Å². The lowest BCUT2D eigenvalue weighted by atomic mass is 9.98. The fourth-order valence-corrected chi connectivity index (χ4v) is 4.97. The predicted octanol–water partition coefficient (Wildman–Crippen LogP) is 6.60. The summed E-state index contributed by atoms with van der Waals surface area (Å²) in [7, 11) is 1.45. The van der Waals surface area contributed by atoms with Gasteiger partial charge in [-0.05, 0) is 35.4 Å². The summed E-state index contributed by atoms with van der Waals surface area (Å²) in [5.41, 5.74) is 6.19. The van der Waals surface area contributed by atoms with Gasteiger partial charge in [-0.25, -0.2) is 9.78 Å². The van der Waals surface area contributed by atoms with Crippen LogP contribution in [0.15, 0.2) is 60.8 Å². The predicted molar refractivity (Wildman–Crippen MR) is 138 cm³/mol. The lowest BCUT2D eigenvalue weighted by Crippen LogP contribution is -2.22. The van der Waals surface area contributed by atoms with Crippen LogP contribution in [0.4, 0.5) is 4.79 Å². The van der Waals surface area contributed by atoms with Crippen molar-refractivity contribution < 1.29 is 19.4 Å². The van der Waals surface area contributed by atoms with Crippen molar-refractivity contribution in [3.8, 4) is 39.5 Å². The third-order valence-electron chi connectivity index (χ3n) is 6.14. The van der Waals surface area contributed by atoms with Crippen molar-refractivity contribution in [3.63, 3.8) is 0 Å². The molecule has 0 fully saturated rings. The molecule has 180 valence electrons. The van der Waals surface area contributed by atoms with Crippen molar-refractivity contribution in [2.45, 2.75) is 13.1 Å². The van der Waals surface area contributed by atoms with E-state index < -0.39 is 6.09 Å². The van der Waals surface area contributed by atoms with E-state index in [2.05, 4.69) is 9.97 Å². The molecule has 1 N–H and O–H groups in total. The Morgan fingerprint density at radius 2 is 1.75 bits per heavy atom. The summed E-state index contributed by atoms with van der Waals surface area (Å²) in [5, 5.41) is 10.2. The first-order valence-electron chi connectivity index (χ1n) is 10.9. The highest BCUT2D eigenvalue weighted by Crippen LogP contribution is 2.42. The Balaban J connectivity index is 1.56. The van der Waals surface area contributed by atoms with Crippen LogP contribution in [0, 0.1) is 0 Å². The molecular weight excluding hydrogens is 501 g/mol. The Morgan fingerprint density at radius 1 is 1.00 bits per heavy atom. The van der Waals surface area contributed by atoms with E-state index in [1.165, 1.54) is 12.0 Å². The highest BCUT2D eigenvalue weighted by atomic mass is 35.5. The number of halogens is 2. The van der Waals surface area contributed by atoms with Crippen molar-refractivity contribution in [2.75, 3.05) is 7.11 Å². The first kappa shape index (κ1) is 23.8. The van der Waals surface area contributed by atoms with Crippen molar-refractivity contribution in [3.05, 3.63) is 87.5 Å². The van der Waals surface area contributed by atoms with Gasteiger partial charge in [-0.2, -0.15) is 0 Å². The Morgan fingerprint density at radius 3 is 2.50 bits per heavy atom. The maximum Gasteiger partial charge on any atom is 0.407 e. The van der Waals surface area contributed by atoms with E-state index in [0.717, 1.165) is 16.7 Å². The van der Waals surface area contributed by atoms with Crippen LogP contribution in [0.1, 0.15) is 21.5 Å². The summed E-state index contributed by atoms with van der Waals surface area (Å²) in [6.45, 7) is 0.685. The number of nitrogens with zero attached hydrogens (tertiary/aromatic N) is 3. The van der Waals surface area contributed by atoms with Gasteiger partial charge in [0.15, 0.2) is 6.29 Å². The third kappa shape index (κ3) is 4.17. The number of methoxy groups -OCH3 is 1. The lowest BCUT2D eigenvalue weighted by Gasteiger charge is -2.14. The number of ether oxygens (including phenoxy) is 1. The van der Waals surface area contributed by atoms with Gasteiger partial charge in [0.05, 0.1) is 34.1 Å². The van der Waals surface area contributed by atoms with Crippen LogP contribution in [-0.2, 0) is 13.1 Å². The third-order valence-corrected chi connectivity index (χ3v) is 6.93. The molecule has 0 saturated carbocycles.